The van der Waals surface area contributed by atoms with Crippen molar-refractivity contribution < 1.29 is 0 Å². The van der Waals surface area contributed by atoms with Crippen molar-refractivity contribution in [2.24, 2.45) is 0 Å². The minimum absolute atomic E-state index is 0.564. The van der Waals surface area contributed by atoms with Gasteiger partial charge in [-0.25, -0.2) is 4.98 Å². The van der Waals surface area contributed by atoms with Crippen molar-refractivity contribution in [3.63, 3.8) is 0 Å². The van der Waals surface area contributed by atoms with Gasteiger partial charge in [0.05, 0.1) is 0 Å². The number of aryl methyl sites for hydroxylation is 1. The monoisotopic (exact) mass is 258 g/mol. The van der Waals surface area contributed by atoms with Gasteiger partial charge >= 0.3 is 0 Å². The second-order valence-electron chi connectivity index (χ2n) is 3.83. The summed E-state index contributed by atoms with van der Waals surface area (Å²) in [5.74, 6) is 0.782. The number of hydrogen-bond donors (Lipinski definition) is 2. The lowest BCUT2D eigenvalue weighted by Gasteiger charge is -2.11. The lowest BCUT2D eigenvalue weighted by atomic mass is 10.3. The Morgan fingerprint density at radius 1 is 1.22 bits per heavy atom. The van der Waals surface area contributed by atoms with E-state index >= 15 is 0 Å². The van der Waals surface area contributed by atoms with Gasteiger partial charge in [-0.05, 0) is 48.5 Å². The summed E-state index contributed by atoms with van der Waals surface area (Å²) in [6, 6.07) is 7.78. The van der Waals surface area contributed by atoms with Gasteiger partial charge in [-0.2, -0.15) is 0 Å². The molecule has 0 aliphatic carbocycles. The zero-order chi connectivity index (χ0) is 12.8. The van der Waals surface area contributed by atoms with Crippen LogP contribution in [-0.2, 0) is 6.54 Å². The fourth-order valence-electron chi connectivity index (χ4n) is 1.45. The van der Waals surface area contributed by atoms with E-state index < -0.39 is 0 Å². The predicted molar refractivity (Wildman–Crippen MR) is 76.3 cm³/mol. The Balaban J connectivity index is 1.88. The lowest BCUT2D eigenvalue weighted by Crippen LogP contribution is -2.28. The van der Waals surface area contributed by atoms with Crippen molar-refractivity contribution in [1.29, 1.82) is 0 Å². The molecule has 0 amide bonds. The van der Waals surface area contributed by atoms with E-state index in [1.54, 1.807) is 18.6 Å². The summed E-state index contributed by atoms with van der Waals surface area (Å²) >= 11 is 5.22. The van der Waals surface area contributed by atoms with E-state index in [1.165, 1.54) is 0 Å². The quantitative estimate of drug-likeness (QED) is 0.827. The van der Waals surface area contributed by atoms with Gasteiger partial charge in [-0.1, -0.05) is 6.07 Å². The molecular formula is C13H14N4S. The summed E-state index contributed by atoms with van der Waals surface area (Å²) in [5, 5.41) is 6.76. The standard InChI is InChI=1S/C13H14N4S/c1-10-3-2-6-15-12(10)17-13(18)16-9-11-4-7-14-8-5-11/h2-8H,9H2,1H3,(H2,15,16,17,18). The van der Waals surface area contributed by atoms with Gasteiger partial charge < -0.3 is 10.6 Å². The van der Waals surface area contributed by atoms with E-state index in [1.807, 2.05) is 31.2 Å². The Labute approximate surface area is 111 Å². The van der Waals surface area contributed by atoms with Crippen LogP contribution >= 0.6 is 12.2 Å². The van der Waals surface area contributed by atoms with Crippen molar-refractivity contribution in [3.05, 3.63) is 54.0 Å². The first kappa shape index (κ1) is 12.4. The molecule has 0 bridgehead atoms. The maximum absolute atomic E-state index is 5.22. The van der Waals surface area contributed by atoms with Crippen molar-refractivity contribution in [2.45, 2.75) is 13.5 Å². The van der Waals surface area contributed by atoms with Crippen molar-refractivity contribution >= 4 is 23.1 Å². The molecule has 2 aromatic rings. The fraction of sp³-hybridized carbons (Fsp3) is 0.154. The number of pyridine rings is 2. The maximum Gasteiger partial charge on any atom is 0.172 e. The zero-order valence-electron chi connectivity index (χ0n) is 10.1. The molecule has 0 fully saturated rings. The highest BCUT2D eigenvalue weighted by Gasteiger charge is 2.01. The van der Waals surface area contributed by atoms with Crippen LogP contribution in [0.5, 0.6) is 0 Å². The second kappa shape index (κ2) is 6.07. The Kier molecular flexibility index (Phi) is 4.20. The van der Waals surface area contributed by atoms with Crippen molar-refractivity contribution in [1.82, 2.24) is 15.3 Å². The van der Waals surface area contributed by atoms with Crippen molar-refractivity contribution in [2.75, 3.05) is 5.32 Å². The number of hydrogen-bond acceptors (Lipinski definition) is 3. The van der Waals surface area contributed by atoms with Gasteiger partial charge in [-0.3, -0.25) is 4.98 Å². The van der Waals surface area contributed by atoms with Crippen LogP contribution in [0, 0.1) is 6.92 Å². The van der Waals surface area contributed by atoms with E-state index in [9.17, 15) is 0 Å². The van der Waals surface area contributed by atoms with E-state index in [-0.39, 0.29) is 0 Å². The third-order valence-corrected chi connectivity index (χ3v) is 2.69. The van der Waals surface area contributed by atoms with Gasteiger partial charge in [-0.15, -0.1) is 0 Å². The second-order valence-corrected chi connectivity index (χ2v) is 4.24. The highest BCUT2D eigenvalue weighted by molar-refractivity contribution is 7.80. The predicted octanol–water partition coefficient (Wildman–Crippen LogP) is 2.27. The normalized spacial score (nSPS) is 9.83. The SMILES string of the molecule is Cc1cccnc1NC(=S)NCc1ccncc1. The molecule has 2 aromatic heterocycles. The summed E-state index contributed by atoms with van der Waals surface area (Å²) in [4.78, 5) is 8.19. The van der Waals surface area contributed by atoms with Crippen LogP contribution < -0.4 is 10.6 Å². The number of aromatic nitrogens is 2. The highest BCUT2D eigenvalue weighted by atomic mass is 32.1. The average molecular weight is 258 g/mol. The molecule has 92 valence electrons. The lowest BCUT2D eigenvalue weighted by molar-refractivity contribution is 0.920. The summed E-state index contributed by atoms with van der Waals surface area (Å²) in [5.41, 5.74) is 2.19. The summed E-state index contributed by atoms with van der Waals surface area (Å²) in [6.45, 7) is 2.65. The van der Waals surface area contributed by atoms with Crippen LogP contribution in [-0.4, -0.2) is 15.1 Å². The fourth-order valence-corrected chi connectivity index (χ4v) is 1.62. The maximum atomic E-state index is 5.22. The molecule has 0 aliphatic heterocycles. The Bertz CT molecular complexity index is 528. The molecule has 0 spiro atoms. The smallest absolute Gasteiger partial charge is 0.172 e. The summed E-state index contributed by atoms with van der Waals surface area (Å²) in [7, 11) is 0. The van der Waals surface area contributed by atoms with Crippen LogP contribution in [0.3, 0.4) is 0 Å². The van der Waals surface area contributed by atoms with Crippen molar-refractivity contribution in [3.8, 4) is 0 Å². The molecule has 0 aromatic carbocycles. The third-order valence-electron chi connectivity index (χ3n) is 2.44. The molecule has 18 heavy (non-hydrogen) atoms. The van der Waals surface area contributed by atoms with Gasteiger partial charge in [0.15, 0.2) is 5.11 Å². The molecule has 4 nitrogen and oxygen atoms in total. The molecule has 0 atom stereocenters. The zero-order valence-corrected chi connectivity index (χ0v) is 10.9. The largest absolute Gasteiger partial charge is 0.358 e. The molecule has 2 heterocycles. The number of rotatable bonds is 3. The van der Waals surface area contributed by atoms with E-state index in [4.69, 9.17) is 12.2 Å². The van der Waals surface area contributed by atoms with Gasteiger partial charge in [0.25, 0.3) is 0 Å². The van der Waals surface area contributed by atoms with Gasteiger partial charge in [0, 0.05) is 25.1 Å². The van der Waals surface area contributed by atoms with Crippen LogP contribution in [0.2, 0.25) is 0 Å². The number of nitrogens with one attached hydrogen (secondary N) is 2. The molecule has 0 aliphatic rings. The molecular weight excluding hydrogens is 244 g/mol. The minimum atomic E-state index is 0.564. The number of thiocarbonyl (C=S) groups is 1. The highest BCUT2D eigenvalue weighted by Crippen LogP contribution is 2.08. The summed E-state index contributed by atoms with van der Waals surface area (Å²) in [6.07, 6.45) is 5.26. The molecule has 0 radical (unpaired) electrons. The van der Waals surface area contributed by atoms with Crippen LogP contribution in [0.15, 0.2) is 42.9 Å². The Morgan fingerprint density at radius 2 is 2.00 bits per heavy atom. The van der Waals surface area contributed by atoms with E-state index in [0.717, 1.165) is 16.9 Å². The van der Waals surface area contributed by atoms with Gasteiger partial charge in [0.2, 0.25) is 0 Å². The average Bonchev–Trinajstić information content (AvgIpc) is 2.40. The molecule has 2 rings (SSSR count). The minimum Gasteiger partial charge on any atom is -0.358 e. The van der Waals surface area contributed by atoms with Crippen LogP contribution in [0.4, 0.5) is 5.82 Å². The Hall–Kier alpha value is -2.01. The first-order valence-corrected chi connectivity index (χ1v) is 6.02. The molecule has 0 saturated carbocycles. The summed E-state index contributed by atoms with van der Waals surface area (Å²) < 4.78 is 0. The van der Waals surface area contributed by atoms with E-state index in [2.05, 4.69) is 20.6 Å². The Morgan fingerprint density at radius 3 is 2.72 bits per heavy atom. The first-order chi connectivity index (χ1) is 8.75. The van der Waals surface area contributed by atoms with E-state index in [0.29, 0.717) is 11.7 Å². The molecule has 0 saturated heterocycles. The van der Waals surface area contributed by atoms with Crippen LogP contribution in [0.25, 0.3) is 0 Å². The van der Waals surface area contributed by atoms with Crippen LogP contribution in [0.1, 0.15) is 11.1 Å². The topological polar surface area (TPSA) is 49.8 Å². The molecule has 0 unspecified atom stereocenters. The molecule has 5 heteroatoms. The first-order valence-electron chi connectivity index (χ1n) is 5.61. The number of anilines is 1. The third kappa shape index (κ3) is 3.49. The number of nitrogens with zero attached hydrogens (tertiary/aromatic N) is 2. The van der Waals surface area contributed by atoms with Gasteiger partial charge in [0.1, 0.15) is 5.82 Å². The molecule has 2 N–H and O–H groups in total.